The zero-order valence-electron chi connectivity index (χ0n) is 14.9. The van der Waals surface area contributed by atoms with Crippen LogP contribution in [0.15, 0.2) is 60.7 Å². The number of halogens is 1. The highest BCUT2D eigenvalue weighted by Gasteiger charge is 2.16. The molecule has 0 bridgehead atoms. The molecule has 0 atom stereocenters. The fourth-order valence-electron chi connectivity index (χ4n) is 2.58. The highest BCUT2D eigenvalue weighted by atomic mass is 32.1. The fourth-order valence-corrected chi connectivity index (χ4v) is 3.50. The van der Waals surface area contributed by atoms with E-state index in [1.54, 1.807) is 30.3 Å². The molecule has 3 rings (SSSR count). The second-order valence-electron chi connectivity index (χ2n) is 6.13. The third kappa shape index (κ3) is 4.13. The molecule has 0 saturated carbocycles. The van der Waals surface area contributed by atoms with Crippen LogP contribution in [0.2, 0.25) is 0 Å². The molecule has 0 spiro atoms. The molecule has 0 unspecified atom stereocenters. The standard InChI is InChI=1S/C22H17FN2OS/c1-25(2)17-9-7-15(8-10-17)13-16(14-24)20-11-12-21(27-20)22(26)18-5-3-4-6-19(18)23/h3-13H,1-2H3. The molecule has 0 aliphatic carbocycles. The van der Waals surface area contributed by atoms with E-state index in [-0.39, 0.29) is 11.3 Å². The van der Waals surface area contributed by atoms with Crippen LogP contribution in [0.5, 0.6) is 0 Å². The predicted molar refractivity (Wildman–Crippen MR) is 108 cm³/mol. The summed E-state index contributed by atoms with van der Waals surface area (Å²) in [6, 6.07) is 19.3. The molecule has 0 amide bonds. The molecule has 0 radical (unpaired) electrons. The van der Waals surface area contributed by atoms with Crippen LogP contribution < -0.4 is 4.90 Å². The summed E-state index contributed by atoms with van der Waals surface area (Å²) in [7, 11) is 3.93. The van der Waals surface area contributed by atoms with Crippen molar-refractivity contribution in [2.24, 2.45) is 0 Å². The zero-order valence-corrected chi connectivity index (χ0v) is 15.8. The number of nitriles is 1. The Balaban J connectivity index is 1.88. The summed E-state index contributed by atoms with van der Waals surface area (Å²) in [5, 5.41) is 9.53. The van der Waals surface area contributed by atoms with Crippen LogP contribution >= 0.6 is 11.3 Å². The summed E-state index contributed by atoms with van der Waals surface area (Å²) in [6.45, 7) is 0. The molecule has 1 aromatic heterocycles. The van der Waals surface area contributed by atoms with Crippen LogP contribution in [0.4, 0.5) is 10.1 Å². The van der Waals surface area contributed by atoms with Crippen LogP contribution in [0.25, 0.3) is 11.6 Å². The van der Waals surface area contributed by atoms with Crippen molar-refractivity contribution in [2.45, 2.75) is 0 Å². The molecular weight excluding hydrogens is 359 g/mol. The molecule has 0 aliphatic rings. The average molecular weight is 376 g/mol. The van der Waals surface area contributed by atoms with Gasteiger partial charge in [0.05, 0.1) is 16.0 Å². The number of benzene rings is 2. The summed E-state index contributed by atoms with van der Waals surface area (Å²) in [5.74, 6) is -0.925. The minimum absolute atomic E-state index is 0.0349. The number of thiophene rings is 1. The summed E-state index contributed by atoms with van der Waals surface area (Å²) >= 11 is 1.19. The van der Waals surface area contributed by atoms with Gasteiger partial charge in [-0.05, 0) is 48.0 Å². The van der Waals surface area contributed by atoms with Crippen LogP contribution in [0, 0.1) is 17.1 Å². The monoisotopic (exact) mass is 376 g/mol. The third-order valence-corrected chi connectivity index (χ3v) is 5.17. The first-order valence-electron chi connectivity index (χ1n) is 8.28. The van der Waals surface area contributed by atoms with Crippen LogP contribution in [-0.4, -0.2) is 19.9 Å². The third-order valence-electron chi connectivity index (χ3n) is 4.05. The first-order chi connectivity index (χ1) is 13.0. The summed E-state index contributed by atoms with van der Waals surface area (Å²) < 4.78 is 13.9. The number of carbonyl (C=O) groups excluding carboxylic acids is 1. The van der Waals surface area contributed by atoms with Crippen molar-refractivity contribution >= 4 is 34.5 Å². The van der Waals surface area contributed by atoms with Crippen LogP contribution in [-0.2, 0) is 0 Å². The summed E-state index contributed by atoms with van der Waals surface area (Å²) in [4.78, 5) is 15.6. The van der Waals surface area contributed by atoms with E-state index < -0.39 is 5.82 Å². The smallest absolute Gasteiger partial charge is 0.205 e. The molecule has 3 aromatic rings. The average Bonchev–Trinajstić information content (AvgIpc) is 3.16. The normalized spacial score (nSPS) is 11.1. The largest absolute Gasteiger partial charge is 0.378 e. The van der Waals surface area contributed by atoms with E-state index in [0.29, 0.717) is 15.3 Å². The summed E-state index contributed by atoms with van der Waals surface area (Å²) in [5.41, 5.74) is 2.46. The first kappa shape index (κ1) is 18.6. The number of ketones is 1. The summed E-state index contributed by atoms with van der Waals surface area (Å²) in [6.07, 6.45) is 1.78. The van der Waals surface area contributed by atoms with Crippen molar-refractivity contribution in [1.82, 2.24) is 0 Å². The Hall–Kier alpha value is -3.23. The van der Waals surface area contributed by atoms with Gasteiger partial charge in [0.25, 0.3) is 0 Å². The quantitative estimate of drug-likeness (QED) is 0.451. The molecular formula is C22H17FN2OS. The number of rotatable bonds is 5. The zero-order chi connectivity index (χ0) is 19.4. The van der Waals surface area contributed by atoms with Crippen molar-refractivity contribution in [3.05, 3.63) is 87.4 Å². The Bertz CT molecular complexity index is 1040. The van der Waals surface area contributed by atoms with E-state index in [4.69, 9.17) is 0 Å². The van der Waals surface area contributed by atoms with E-state index in [9.17, 15) is 14.4 Å². The Labute approximate surface area is 161 Å². The maximum atomic E-state index is 13.9. The van der Waals surface area contributed by atoms with Gasteiger partial charge in [0, 0.05) is 24.7 Å². The lowest BCUT2D eigenvalue weighted by atomic mass is 10.1. The van der Waals surface area contributed by atoms with Crippen molar-refractivity contribution in [3.63, 3.8) is 0 Å². The van der Waals surface area contributed by atoms with Crippen LogP contribution in [0.1, 0.15) is 25.7 Å². The van der Waals surface area contributed by atoms with Gasteiger partial charge in [-0.2, -0.15) is 5.26 Å². The van der Waals surface area contributed by atoms with E-state index in [2.05, 4.69) is 6.07 Å². The minimum Gasteiger partial charge on any atom is -0.378 e. The molecule has 2 aromatic carbocycles. The molecule has 134 valence electrons. The topological polar surface area (TPSA) is 44.1 Å². The Morgan fingerprint density at radius 3 is 2.33 bits per heavy atom. The second-order valence-corrected chi connectivity index (χ2v) is 7.21. The van der Waals surface area contributed by atoms with E-state index in [0.717, 1.165) is 11.3 Å². The van der Waals surface area contributed by atoms with Gasteiger partial charge in [0.15, 0.2) is 0 Å². The SMILES string of the molecule is CN(C)c1ccc(C=C(C#N)c2ccc(C(=O)c3ccccc3F)s2)cc1. The Morgan fingerprint density at radius 1 is 1.04 bits per heavy atom. The van der Waals surface area contributed by atoms with Gasteiger partial charge in [-0.15, -0.1) is 11.3 Å². The van der Waals surface area contributed by atoms with E-state index in [1.807, 2.05) is 43.3 Å². The maximum absolute atomic E-state index is 13.9. The highest BCUT2D eigenvalue weighted by molar-refractivity contribution is 7.15. The predicted octanol–water partition coefficient (Wildman–Crippen LogP) is 5.25. The number of allylic oxidation sites excluding steroid dienone is 1. The van der Waals surface area contributed by atoms with E-state index >= 15 is 0 Å². The highest BCUT2D eigenvalue weighted by Crippen LogP contribution is 2.28. The Kier molecular flexibility index (Phi) is 5.49. The first-order valence-corrected chi connectivity index (χ1v) is 9.10. The van der Waals surface area contributed by atoms with Crippen molar-refractivity contribution in [1.29, 1.82) is 5.26 Å². The number of carbonyl (C=O) groups is 1. The van der Waals surface area contributed by atoms with Crippen molar-refractivity contribution in [2.75, 3.05) is 19.0 Å². The van der Waals surface area contributed by atoms with Gasteiger partial charge in [-0.3, -0.25) is 4.79 Å². The van der Waals surface area contributed by atoms with Gasteiger partial charge in [0.1, 0.15) is 11.9 Å². The number of hydrogen-bond acceptors (Lipinski definition) is 4. The van der Waals surface area contributed by atoms with Gasteiger partial charge in [-0.25, -0.2) is 4.39 Å². The van der Waals surface area contributed by atoms with Crippen LogP contribution in [0.3, 0.4) is 0 Å². The number of anilines is 1. The van der Waals surface area contributed by atoms with Crippen molar-refractivity contribution < 1.29 is 9.18 Å². The Morgan fingerprint density at radius 2 is 1.70 bits per heavy atom. The lowest BCUT2D eigenvalue weighted by Crippen LogP contribution is -2.07. The molecule has 3 nitrogen and oxygen atoms in total. The van der Waals surface area contributed by atoms with Crippen molar-refractivity contribution in [3.8, 4) is 6.07 Å². The van der Waals surface area contributed by atoms with Gasteiger partial charge < -0.3 is 4.90 Å². The molecule has 27 heavy (non-hydrogen) atoms. The van der Waals surface area contributed by atoms with Gasteiger partial charge in [-0.1, -0.05) is 24.3 Å². The molecule has 0 fully saturated rings. The molecule has 1 heterocycles. The number of hydrogen-bond donors (Lipinski definition) is 0. The molecule has 0 saturated heterocycles. The molecule has 0 N–H and O–H groups in total. The maximum Gasteiger partial charge on any atom is 0.205 e. The lowest BCUT2D eigenvalue weighted by molar-refractivity contribution is 0.103. The number of nitrogens with zero attached hydrogens (tertiary/aromatic N) is 2. The molecule has 0 aliphatic heterocycles. The second kappa shape index (κ2) is 7.98. The van der Waals surface area contributed by atoms with Gasteiger partial charge in [0.2, 0.25) is 5.78 Å². The molecule has 5 heteroatoms. The minimum atomic E-state index is -0.547. The fraction of sp³-hybridized carbons (Fsp3) is 0.0909. The van der Waals surface area contributed by atoms with Gasteiger partial charge >= 0.3 is 0 Å². The lowest BCUT2D eigenvalue weighted by Gasteiger charge is -2.11. The van der Waals surface area contributed by atoms with E-state index in [1.165, 1.54) is 23.5 Å².